The Kier molecular flexibility index (Phi) is 3.05. The third-order valence-corrected chi connectivity index (χ3v) is 1.99. The van der Waals surface area contributed by atoms with Crippen molar-refractivity contribution in [1.82, 2.24) is 4.90 Å². The summed E-state index contributed by atoms with van der Waals surface area (Å²) in [6, 6.07) is 0.190. The topological polar surface area (TPSA) is 49.8 Å². The van der Waals surface area contributed by atoms with E-state index >= 15 is 0 Å². The van der Waals surface area contributed by atoms with Crippen LogP contribution >= 0.6 is 0 Å². The second-order valence-corrected chi connectivity index (χ2v) is 3.26. The van der Waals surface area contributed by atoms with E-state index in [1.807, 2.05) is 13.8 Å². The van der Waals surface area contributed by atoms with E-state index in [-0.39, 0.29) is 31.3 Å². The fourth-order valence-electron chi connectivity index (χ4n) is 1.26. The van der Waals surface area contributed by atoms with Gasteiger partial charge < -0.3 is 14.7 Å². The van der Waals surface area contributed by atoms with Gasteiger partial charge in [0.25, 0.3) is 0 Å². The van der Waals surface area contributed by atoms with E-state index in [4.69, 9.17) is 9.84 Å². The number of nitrogens with zero attached hydrogens (tertiary/aromatic N) is 1. The number of aliphatic hydroxyl groups is 1. The lowest BCUT2D eigenvalue weighted by atomic mass is 10.2. The molecule has 0 spiro atoms. The highest BCUT2D eigenvalue weighted by Gasteiger charge is 2.27. The third kappa shape index (κ3) is 1.95. The molecule has 4 nitrogen and oxygen atoms in total. The molecule has 12 heavy (non-hydrogen) atoms. The molecule has 0 radical (unpaired) electrons. The van der Waals surface area contributed by atoms with E-state index < -0.39 is 0 Å². The molecule has 0 bridgehead atoms. The van der Waals surface area contributed by atoms with Crippen molar-refractivity contribution in [3.63, 3.8) is 0 Å². The average molecular weight is 173 g/mol. The van der Waals surface area contributed by atoms with Crippen molar-refractivity contribution >= 4 is 5.91 Å². The molecular formula is C8H15NO3. The van der Waals surface area contributed by atoms with E-state index in [0.29, 0.717) is 6.54 Å². The molecule has 1 atom stereocenters. The Morgan fingerprint density at radius 3 is 2.92 bits per heavy atom. The Morgan fingerprint density at radius 1 is 1.75 bits per heavy atom. The highest BCUT2D eigenvalue weighted by atomic mass is 16.5. The van der Waals surface area contributed by atoms with Gasteiger partial charge in [-0.3, -0.25) is 4.79 Å². The molecule has 1 aliphatic heterocycles. The van der Waals surface area contributed by atoms with Gasteiger partial charge in [0.15, 0.2) is 0 Å². The van der Waals surface area contributed by atoms with Crippen molar-refractivity contribution < 1.29 is 14.6 Å². The van der Waals surface area contributed by atoms with Crippen molar-refractivity contribution in [2.45, 2.75) is 26.0 Å². The lowest BCUT2D eigenvalue weighted by Crippen LogP contribution is -2.50. The number of aliphatic hydroxyl groups excluding tert-OH is 1. The third-order valence-electron chi connectivity index (χ3n) is 1.99. The van der Waals surface area contributed by atoms with Crippen LogP contribution in [0.25, 0.3) is 0 Å². The maximum Gasteiger partial charge on any atom is 0.248 e. The molecule has 0 aromatic rings. The number of carbonyl (C=O) groups is 1. The van der Waals surface area contributed by atoms with Gasteiger partial charge in [-0.2, -0.15) is 0 Å². The summed E-state index contributed by atoms with van der Waals surface area (Å²) in [5, 5.41) is 8.81. The van der Waals surface area contributed by atoms with E-state index in [1.54, 1.807) is 4.90 Å². The predicted octanol–water partition coefficient (Wildman–Crippen LogP) is -0.386. The summed E-state index contributed by atoms with van der Waals surface area (Å²) in [6.07, 6.45) is -0.204. The Balaban J connectivity index is 2.53. The monoisotopic (exact) mass is 173 g/mol. The minimum atomic E-state index is -0.204. The van der Waals surface area contributed by atoms with Gasteiger partial charge in [0.1, 0.15) is 6.61 Å². The molecule has 1 amide bonds. The van der Waals surface area contributed by atoms with Crippen molar-refractivity contribution in [2.75, 3.05) is 19.8 Å². The molecule has 1 saturated heterocycles. The molecule has 0 aliphatic carbocycles. The summed E-state index contributed by atoms with van der Waals surface area (Å²) in [5.41, 5.74) is 0. The number of ether oxygens (including phenoxy) is 1. The lowest BCUT2D eigenvalue weighted by Gasteiger charge is -2.34. The Bertz CT molecular complexity index is 170. The van der Waals surface area contributed by atoms with Crippen LogP contribution < -0.4 is 0 Å². The van der Waals surface area contributed by atoms with Crippen molar-refractivity contribution in [3.8, 4) is 0 Å². The zero-order valence-electron chi connectivity index (χ0n) is 7.49. The number of carbonyl (C=O) groups excluding carboxylic acids is 1. The highest BCUT2D eigenvalue weighted by Crippen LogP contribution is 2.09. The smallest absolute Gasteiger partial charge is 0.248 e. The average Bonchev–Trinajstić information content (AvgIpc) is 2.05. The van der Waals surface area contributed by atoms with E-state index in [9.17, 15) is 4.79 Å². The van der Waals surface area contributed by atoms with Crippen LogP contribution in [0.2, 0.25) is 0 Å². The molecule has 1 unspecified atom stereocenters. The van der Waals surface area contributed by atoms with Crippen LogP contribution in [0.15, 0.2) is 0 Å². The van der Waals surface area contributed by atoms with Crippen LogP contribution in [-0.2, 0) is 9.53 Å². The van der Waals surface area contributed by atoms with Gasteiger partial charge in [-0.15, -0.1) is 0 Å². The van der Waals surface area contributed by atoms with Crippen molar-refractivity contribution in [3.05, 3.63) is 0 Å². The summed E-state index contributed by atoms with van der Waals surface area (Å²) in [6.45, 7) is 4.50. The molecule has 1 N–H and O–H groups in total. The number of rotatable bonds is 2. The highest BCUT2D eigenvalue weighted by molar-refractivity contribution is 5.78. The molecule has 1 fully saturated rings. The Labute approximate surface area is 72.1 Å². The molecule has 1 aliphatic rings. The van der Waals surface area contributed by atoms with Gasteiger partial charge in [-0.25, -0.2) is 0 Å². The first-order valence-electron chi connectivity index (χ1n) is 4.17. The zero-order valence-corrected chi connectivity index (χ0v) is 7.49. The summed E-state index contributed by atoms with van der Waals surface area (Å²) < 4.78 is 5.08. The predicted molar refractivity (Wildman–Crippen MR) is 43.7 cm³/mol. The van der Waals surface area contributed by atoms with E-state index in [0.717, 1.165) is 0 Å². The molecule has 4 heteroatoms. The van der Waals surface area contributed by atoms with Crippen LogP contribution in [0.5, 0.6) is 0 Å². The summed E-state index contributed by atoms with van der Waals surface area (Å²) in [5.74, 6) is 0.00898. The Hall–Kier alpha value is -0.610. The first-order valence-corrected chi connectivity index (χ1v) is 4.17. The van der Waals surface area contributed by atoms with Gasteiger partial charge in [0.05, 0.1) is 12.7 Å². The van der Waals surface area contributed by atoms with Gasteiger partial charge in [0.2, 0.25) is 5.91 Å². The molecule has 0 saturated carbocycles. The molecular weight excluding hydrogens is 158 g/mol. The van der Waals surface area contributed by atoms with Crippen LogP contribution in [-0.4, -0.2) is 47.8 Å². The van der Waals surface area contributed by atoms with Crippen molar-refractivity contribution in [2.24, 2.45) is 0 Å². The van der Waals surface area contributed by atoms with E-state index in [1.165, 1.54) is 0 Å². The van der Waals surface area contributed by atoms with E-state index in [2.05, 4.69) is 0 Å². The van der Waals surface area contributed by atoms with Gasteiger partial charge in [-0.1, -0.05) is 0 Å². The molecule has 1 rings (SSSR count). The SMILES string of the molecule is CC(C)N1CC(CO)OCC1=O. The van der Waals surface area contributed by atoms with Crippen LogP contribution in [0.1, 0.15) is 13.8 Å². The zero-order chi connectivity index (χ0) is 9.14. The number of morpholine rings is 1. The quantitative estimate of drug-likeness (QED) is 0.619. The fourth-order valence-corrected chi connectivity index (χ4v) is 1.26. The van der Waals surface area contributed by atoms with Gasteiger partial charge in [-0.05, 0) is 13.8 Å². The molecule has 70 valence electrons. The molecule has 1 heterocycles. The standard InChI is InChI=1S/C8H15NO3/c1-6(2)9-3-7(4-10)12-5-8(9)11/h6-7,10H,3-5H2,1-2H3. The second-order valence-electron chi connectivity index (χ2n) is 3.26. The summed E-state index contributed by atoms with van der Waals surface area (Å²) >= 11 is 0. The number of amides is 1. The number of hydrogen-bond donors (Lipinski definition) is 1. The molecule has 0 aromatic carbocycles. The van der Waals surface area contributed by atoms with Gasteiger partial charge >= 0.3 is 0 Å². The minimum absolute atomic E-state index is 0.00898. The second kappa shape index (κ2) is 3.87. The molecule has 0 aromatic heterocycles. The number of hydrogen-bond acceptors (Lipinski definition) is 3. The summed E-state index contributed by atoms with van der Waals surface area (Å²) in [4.78, 5) is 12.9. The first-order chi connectivity index (χ1) is 5.65. The van der Waals surface area contributed by atoms with Crippen LogP contribution in [0, 0.1) is 0 Å². The lowest BCUT2D eigenvalue weighted by molar-refractivity contribution is -0.153. The Morgan fingerprint density at radius 2 is 2.42 bits per heavy atom. The van der Waals surface area contributed by atoms with Crippen LogP contribution in [0.4, 0.5) is 0 Å². The van der Waals surface area contributed by atoms with Crippen molar-refractivity contribution in [1.29, 1.82) is 0 Å². The minimum Gasteiger partial charge on any atom is -0.394 e. The maximum atomic E-state index is 11.2. The largest absolute Gasteiger partial charge is 0.394 e. The fraction of sp³-hybridized carbons (Fsp3) is 0.875. The van der Waals surface area contributed by atoms with Gasteiger partial charge in [0, 0.05) is 12.6 Å². The first kappa shape index (κ1) is 9.48. The maximum absolute atomic E-state index is 11.2. The summed E-state index contributed by atoms with van der Waals surface area (Å²) in [7, 11) is 0. The van der Waals surface area contributed by atoms with Crippen LogP contribution in [0.3, 0.4) is 0 Å². The normalized spacial score (nSPS) is 25.2.